The molecule has 5 heteroatoms. The van der Waals surface area contributed by atoms with Crippen LogP contribution in [0.3, 0.4) is 0 Å². The van der Waals surface area contributed by atoms with Crippen LogP contribution in [0.25, 0.3) is 11.1 Å². The van der Waals surface area contributed by atoms with Crippen LogP contribution in [0.5, 0.6) is 0 Å². The summed E-state index contributed by atoms with van der Waals surface area (Å²) in [7, 11) is 1.74. The molecule has 1 aromatic heterocycles. The molecular weight excluding hydrogens is 253 g/mol. The summed E-state index contributed by atoms with van der Waals surface area (Å²) in [5.41, 5.74) is 7.71. The predicted molar refractivity (Wildman–Crippen MR) is 72.0 cm³/mol. The highest BCUT2D eigenvalue weighted by Crippen LogP contribution is 2.36. The lowest BCUT2D eigenvalue weighted by molar-refractivity contribution is 0.631. The monoisotopic (exact) mass is 267 g/mol. The Kier molecular flexibility index (Phi) is 3.57. The second-order valence-electron chi connectivity index (χ2n) is 4.18. The molecule has 0 aliphatic heterocycles. The number of nitrogens with zero attached hydrogens (tertiary/aromatic N) is 2. The number of nitrogen functional groups attached to an aromatic ring is 1. The third kappa shape index (κ3) is 2.08. The first-order valence-electron chi connectivity index (χ1n) is 5.82. The maximum atomic E-state index is 14.0. The predicted octanol–water partition coefficient (Wildman–Crippen LogP) is 3.41. The molecule has 0 spiro atoms. The van der Waals surface area contributed by atoms with Gasteiger partial charge >= 0.3 is 0 Å². The van der Waals surface area contributed by atoms with Gasteiger partial charge < -0.3 is 5.73 Å². The molecule has 0 amide bonds. The summed E-state index contributed by atoms with van der Waals surface area (Å²) < 4.78 is 15.5. The van der Waals surface area contributed by atoms with Crippen LogP contribution in [0.4, 0.5) is 10.2 Å². The third-order valence-corrected chi connectivity index (χ3v) is 3.18. The number of hydrogen-bond acceptors (Lipinski definition) is 2. The fraction of sp³-hybridized carbons (Fsp3) is 0.308. The molecule has 0 fully saturated rings. The van der Waals surface area contributed by atoms with Crippen LogP contribution in [0, 0.1) is 5.82 Å². The normalized spacial score (nSPS) is 10.9. The fourth-order valence-corrected chi connectivity index (χ4v) is 2.27. The lowest BCUT2D eigenvalue weighted by Gasteiger charge is -2.07. The van der Waals surface area contributed by atoms with E-state index in [1.807, 2.05) is 6.92 Å². The summed E-state index contributed by atoms with van der Waals surface area (Å²) in [6.07, 6.45) is 1.65. The van der Waals surface area contributed by atoms with Crippen LogP contribution >= 0.6 is 11.6 Å². The minimum Gasteiger partial charge on any atom is -0.383 e. The van der Waals surface area contributed by atoms with Crippen molar-refractivity contribution in [2.75, 3.05) is 5.73 Å². The lowest BCUT2D eigenvalue weighted by atomic mass is 10.0. The SMILES string of the molecule is CCCc1nn(C)c(N)c1-c1c(F)cccc1Cl. The molecule has 0 aliphatic carbocycles. The minimum absolute atomic E-state index is 0.341. The van der Waals surface area contributed by atoms with Crippen LogP contribution in [0.15, 0.2) is 18.2 Å². The molecule has 0 saturated heterocycles. The molecule has 0 saturated carbocycles. The summed E-state index contributed by atoms with van der Waals surface area (Å²) in [6.45, 7) is 2.04. The van der Waals surface area contributed by atoms with Crippen molar-refractivity contribution in [2.45, 2.75) is 19.8 Å². The standard InChI is InChI=1S/C13H15ClFN3/c1-3-5-10-12(13(16)18(2)17-10)11-8(14)6-4-7-9(11)15/h4,6-7H,3,5,16H2,1-2H3. The molecule has 1 aromatic carbocycles. The lowest BCUT2D eigenvalue weighted by Crippen LogP contribution is -1.98. The number of aryl methyl sites for hydroxylation is 2. The zero-order valence-electron chi connectivity index (χ0n) is 10.4. The first kappa shape index (κ1) is 12.9. The van der Waals surface area contributed by atoms with Gasteiger partial charge in [-0.2, -0.15) is 5.10 Å². The molecule has 0 bridgehead atoms. The van der Waals surface area contributed by atoms with E-state index < -0.39 is 0 Å². The highest BCUT2D eigenvalue weighted by atomic mass is 35.5. The number of anilines is 1. The Hall–Kier alpha value is -1.55. The van der Waals surface area contributed by atoms with Gasteiger partial charge in [-0.25, -0.2) is 4.39 Å². The van der Waals surface area contributed by atoms with Gasteiger partial charge in [0.15, 0.2) is 0 Å². The Balaban J connectivity index is 2.70. The van der Waals surface area contributed by atoms with E-state index in [1.165, 1.54) is 6.07 Å². The second-order valence-corrected chi connectivity index (χ2v) is 4.58. The maximum Gasteiger partial charge on any atom is 0.132 e. The molecule has 3 nitrogen and oxygen atoms in total. The molecule has 2 N–H and O–H groups in total. The Morgan fingerprint density at radius 2 is 2.11 bits per heavy atom. The third-order valence-electron chi connectivity index (χ3n) is 2.86. The maximum absolute atomic E-state index is 14.0. The van der Waals surface area contributed by atoms with E-state index >= 15 is 0 Å². The Bertz CT molecular complexity index is 558. The van der Waals surface area contributed by atoms with Crippen molar-refractivity contribution in [3.05, 3.63) is 34.7 Å². The van der Waals surface area contributed by atoms with Gasteiger partial charge in [-0.15, -0.1) is 0 Å². The summed E-state index contributed by atoms with van der Waals surface area (Å²) in [4.78, 5) is 0. The quantitative estimate of drug-likeness (QED) is 0.926. The molecule has 2 rings (SSSR count). The Morgan fingerprint density at radius 3 is 2.72 bits per heavy atom. The van der Waals surface area contributed by atoms with E-state index in [0.29, 0.717) is 22.0 Å². The number of benzene rings is 1. The molecule has 0 aliphatic rings. The summed E-state index contributed by atoms with van der Waals surface area (Å²) in [5, 5.41) is 4.68. The van der Waals surface area contributed by atoms with E-state index in [-0.39, 0.29) is 5.82 Å². The summed E-state index contributed by atoms with van der Waals surface area (Å²) >= 11 is 6.08. The second kappa shape index (κ2) is 4.98. The first-order valence-corrected chi connectivity index (χ1v) is 6.19. The van der Waals surface area contributed by atoms with Crippen molar-refractivity contribution in [2.24, 2.45) is 7.05 Å². The van der Waals surface area contributed by atoms with Crippen molar-refractivity contribution in [1.82, 2.24) is 9.78 Å². The molecule has 2 aromatic rings. The van der Waals surface area contributed by atoms with Crippen LogP contribution in [0.2, 0.25) is 5.02 Å². The molecular formula is C13H15ClFN3. The number of halogens is 2. The van der Waals surface area contributed by atoms with Crippen LogP contribution in [-0.2, 0) is 13.5 Å². The number of nitrogens with two attached hydrogens (primary N) is 1. The molecule has 96 valence electrons. The van der Waals surface area contributed by atoms with Crippen molar-refractivity contribution < 1.29 is 4.39 Å². The molecule has 18 heavy (non-hydrogen) atoms. The van der Waals surface area contributed by atoms with E-state index in [2.05, 4.69) is 5.10 Å². The molecule has 1 heterocycles. The van der Waals surface area contributed by atoms with Gasteiger partial charge in [0.25, 0.3) is 0 Å². The van der Waals surface area contributed by atoms with Crippen molar-refractivity contribution in [3.63, 3.8) is 0 Å². The van der Waals surface area contributed by atoms with E-state index in [0.717, 1.165) is 18.5 Å². The number of hydrogen-bond donors (Lipinski definition) is 1. The van der Waals surface area contributed by atoms with E-state index in [9.17, 15) is 4.39 Å². The van der Waals surface area contributed by atoms with Gasteiger partial charge in [-0.05, 0) is 18.6 Å². The number of aromatic nitrogens is 2. The fourth-order valence-electron chi connectivity index (χ4n) is 2.02. The molecule has 0 radical (unpaired) electrons. The van der Waals surface area contributed by atoms with Gasteiger partial charge in [-0.3, -0.25) is 4.68 Å². The Labute approximate surface area is 110 Å². The van der Waals surface area contributed by atoms with Gasteiger partial charge in [0, 0.05) is 12.6 Å². The Morgan fingerprint density at radius 1 is 1.39 bits per heavy atom. The average molecular weight is 268 g/mol. The van der Waals surface area contributed by atoms with Crippen LogP contribution < -0.4 is 5.73 Å². The van der Waals surface area contributed by atoms with Gasteiger partial charge in [0.2, 0.25) is 0 Å². The zero-order chi connectivity index (χ0) is 13.3. The van der Waals surface area contributed by atoms with E-state index in [1.54, 1.807) is 23.9 Å². The van der Waals surface area contributed by atoms with Crippen LogP contribution in [0.1, 0.15) is 19.0 Å². The smallest absolute Gasteiger partial charge is 0.132 e. The summed E-state index contributed by atoms with van der Waals surface area (Å²) in [6, 6.07) is 4.61. The molecule has 0 unspecified atom stereocenters. The van der Waals surface area contributed by atoms with Crippen LogP contribution in [-0.4, -0.2) is 9.78 Å². The van der Waals surface area contributed by atoms with Crippen molar-refractivity contribution >= 4 is 17.4 Å². The van der Waals surface area contributed by atoms with E-state index in [4.69, 9.17) is 17.3 Å². The topological polar surface area (TPSA) is 43.8 Å². The first-order chi connectivity index (χ1) is 8.56. The zero-order valence-corrected chi connectivity index (χ0v) is 11.1. The highest BCUT2D eigenvalue weighted by molar-refractivity contribution is 6.33. The minimum atomic E-state index is -0.375. The molecule has 0 atom stereocenters. The largest absolute Gasteiger partial charge is 0.383 e. The van der Waals surface area contributed by atoms with Gasteiger partial charge in [-0.1, -0.05) is 31.0 Å². The number of rotatable bonds is 3. The average Bonchev–Trinajstić information content (AvgIpc) is 2.57. The van der Waals surface area contributed by atoms with Crippen molar-refractivity contribution in [1.29, 1.82) is 0 Å². The summed E-state index contributed by atoms with van der Waals surface area (Å²) in [5.74, 6) is 0.0602. The van der Waals surface area contributed by atoms with Gasteiger partial charge in [0.1, 0.15) is 11.6 Å². The highest BCUT2D eigenvalue weighted by Gasteiger charge is 2.20. The van der Waals surface area contributed by atoms with Gasteiger partial charge in [0.05, 0.1) is 16.3 Å². The van der Waals surface area contributed by atoms with Crippen molar-refractivity contribution in [3.8, 4) is 11.1 Å².